The molecule has 4 N–H and O–H groups in total. The molecule has 0 aliphatic carbocycles. The smallest absolute Gasteiger partial charge is 0.252 e. The van der Waals surface area contributed by atoms with Gasteiger partial charge in [0.05, 0.1) is 10.5 Å². The van der Waals surface area contributed by atoms with E-state index >= 15 is 0 Å². The van der Waals surface area contributed by atoms with Gasteiger partial charge in [-0.15, -0.1) is 0 Å². The van der Waals surface area contributed by atoms with Crippen LogP contribution in [0.5, 0.6) is 0 Å². The van der Waals surface area contributed by atoms with E-state index in [1.165, 1.54) is 18.3 Å². The highest BCUT2D eigenvalue weighted by Gasteiger charge is 2.08. The van der Waals surface area contributed by atoms with Crippen LogP contribution in [0.15, 0.2) is 47.5 Å². The number of pyridine rings is 1. The van der Waals surface area contributed by atoms with E-state index in [2.05, 4.69) is 15.6 Å². The van der Waals surface area contributed by atoms with Crippen LogP contribution in [0.25, 0.3) is 0 Å². The maximum absolute atomic E-state index is 12.1. The molecule has 0 saturated carbocycles. The van der Waals surface area contributed by atoms with E-state index in [-0.39, 0.29) is 16.8 Å². The molecule has 2 aromatic rings. The maximum Gasteiger partial charge on any atom is 0.252 e. The topological polar surface area (TPSA) is 114 Å². The van der Waals surface area contributed by atoms with Crippen molar-refractivity contribution in [3.8, 4) is 0 Å². The van der Waals surface area contributed by atoms with Crippen LogP contribution in [-0.4, -0.2) is 31.9 Å². The summed E-state index contributed by atoms with van der Waals surface area (Å²) in [6, 6.07) is 10.0. The first kappa shape index (κ1) is 18.9. The fraction of sp³-hybridized carbons (Fsp3) is 0.294. The average Bonchev–Trinajstić information content (AvgIpc) is 2.54. The number of benzene rings is 1. The van der Waals surface area contributed by atoms with Crippen molar-refractivity contribution in [3.63, 3.8) is 0 Å². The molecule has 0 radical (unpaired) electrons. The van der Waals surface area contributed by atoms with Crippen molar-refractivity contribution in [1.82, 2.24) is 10.3 Å². The number of hydrogen-bond donors (Lipinski definition) is 3. The van der Waals surface area contributed by atoms with Crippen LogP contribution in [-0.2, 0) is 16.4 Å². The van der Waals surface area contributed by atoms with Crippen LogP contribution in [0.1, 0.15) is 29.8 Å². The van der Waals surface area contributed by atoms with Crippen LogP contribution in [0.3, 0.4) is 0 Å². The van der Waals surface area contributed by atoms with E-state index in [4.69, 9.17) is 5.14 Å². The molecule has 1 aromatic heterocycles. The first-order valence-corrected chi connectivity index (χ1v) is 9.43. The van der Waals surface area contributed by atoms with Crippen molar-refractivity contribution in [1.29, 1.82) is 0 Å². The monoisotopic (exact) mass is 362 g/mol. The Morgan fingerprint density at radius 2 is 1.84 bits per heavy atom. The number of amides is 1. The Labute approximate surface area is 147 Å². The highest BCUT2D eigenvalue weighted by molar-refractivity contribution is 7.89. The first-order valence-electron chi connectivity index (χ1n) is 7.88. The molecule has 0 aliphatic rings. The van der Waals surface area contributed by atoms with Gasteiger partial charge in [0.2, 0.25) is 10.0 Å². The lowest BCUT2D eigenvalue weighted by Gasteiger charge is -2.09. The summed E-state index contributed by atoms with van der Waals surface area (Å²) in [7, 11) is -3.68. The normalized spacial score (nSPS) is 11.4. The fourth-order valence-electron chi connectivity index (χ4n) is 2.18. The van der Waals surface area contributed by atoms with Gasteiger partial charge in [0.25, 0.3) is 5.91 Å². The van der Waals surface area contributed by atoms with Crippen LogP contribution in [0.4, 0.5) is 5.82 Å². The van der Waals surface area contributed by atoms with Gasteiger partial charge in [-0.05, 0) is 50.1 Å². The molecule has 7 nitrogen and oxygen atoms in total. The minimum absolute atomic E-state index is 0.0708. The van der Waals surface area contributed by atoms with E-state index in [0.717, 1.165) is 11.4 Å². The third-order valence-electron chi connectivity index (χ3n) is 3.41. The average molecular weight is 362 g/mol. The van der Waals surface area contributed by atoms with E-state index < -0.39 is 10.0 Å². The van der Waals surface area contributed by atoms with E-state index in [9.17, 15) is 13.2 Å². The van der Waals surface area contributed by atoms with E-state index in [1.54, 1.807) is 24.3 Å². The summed E-state index contributed by atoms with van der Waals surface area (Å²) in [5.74, 6) is 0.520. The van der Waals surface area contributed by atoms with Crippen molar-refractivity contribution in [3.05, 3.63) is 53.7 Å². The summed E-state index contributed by atoms with van der Waals surface area (Å²) in [6.45, 7) is 4.45. The number of nitrogens with one attached hydrogen (secondary N) is 2. The standard InChI is InChI=1S/C17H22N4O3S/c1-12(2)21-16-8-5-14(11-20-16)17(22)19-10-9-13-3-6-15(7-4-13)25(18,23)24/h3-8,11-12H,9-10H2,1-2H3,(H,19,22)(H,20,21)(H2,18,23,24). The second kappa shape index (κ2) is 8.09. The maximum atomic E-state index is 12.1. The van der Waals surface area contributed by atoms with E-state index in [1.807, 2.05) is 13.8 Å². The van der Waals surface area contributed by atoms with Gasteiger partial charge in [-0.25, -0.2) is 18.5 Å². The van der Waals surface area contributed by atoms with Crippen LogP contribution < -0.4 is 15.8 Å². The lowest BCUT2D eigenvalue weighted by Crippen LogP contribution is -2.26. The number of nitrogens with two attached hydrogens (primary N) is 1. The fourth-order valence-corrected chi connectivity index (χ4v) is 2.69. The summed E-state index contributed by atoms with van der Waals surface area (Å²) in [6.07, 6.45) is 2.11. The summed E-state index contributed by atoms with van der Waals surface area (Å²) in [5, 5.41) is 11.0. The molecule has 0 atom stereocenters. The Kier molecular flexibility index (Phi) is 6.11. The summed E-state index contributed by atoms with van der Waals surface area (Å²) < 4.78 is 22.4. The van der Waals surface area contributed by atoms with Crippen molar-refractivity contribution in [2.24, 2.45) is 5.14 Å². The number of sulfonamides is 1. The highest BCUT2D eigenvalue weighted by Crippen LogP contribution is 2.09. The van der Waals surface area contributed by atoms with Gasteiger partial charge in [0, 0.05) is 18.8 Å². The summed E-state index contributed by atoms with van der Waals surface area (Å²) in [4.78, 5) is 16.4. The number of carbonyl (C=O) groups is 1. The molecule has 0 bridgehead atoms. The lowest BCUT2D eigenvalue weighted by molar-refractivity contribution is 0.0954. The van der Waals surface area contributed by atoms with Gasteiger partial charge in [0.1, 0.15) is 5.82 Å². The predicted molar refractivity (Wildman–Crippen MR) is 96.8 cm³/mol. The SMILES string of the molecule is CC(C)Nc1ccc(C(=O)NCCc2ccc(S(N)(=O)=O)cc2)cn1. The number of carbonyl (C=O) groups excluding carboxylic acids is 1. The largest absolute Gasteiger partial charge is 0.368 e. The molecular formula is C17H22N4O3S. The molecular weight excluding hydrogens is 340 g/mol. The second-order valence-corrected chi connectivity index (χ2v) is 7.49. The predicted octanol–water partition coefficient (Wildman–Crippen LogP) is 1.52. The lowest BCUT2D eigenvalue weighted by atomic mass is 10.1. The Morgan fingerprint density at radius 1 is 1.16 bits per heavy atom. The van der Waals surface area contributed by atoms with Gasteiger partial charge in [-0.1, -0.05) is 12.1 Å². The van der Waals surface area contributed by atoms with Gasteiger partial charge in [0.15, 0.2) is 0 Å². The first-order chi connectivity index (χ1) is 11.8. The van der Waals surface area contributed by atoms with Crippen molar-refractivity contribution >= 4 is 21.7 Å². The second-order valence-electron chi connectivity index (χ2n) is 5.93. The zero-order valence-corrected chi connectivity index (χ0v) is 15.0. The van der Waals surface area contributed by atoms with Crippen LogP contribution in [0.2, 0.25) is 0 Å². The van der Waals surface area contributed by atoms with Crippen LogP contribution >= 0.6 is 0 Å². The molecule has 0 unspecified atom stereocenters. The molecule has 0 fully saturated rings. The zero-order valence-electron chi connectivity index (χ0n) is 14.2. The van der Waals surface area contributed by atoms with Crippen molar-refractivity contribution in [2.75, 3.05) is 11.9 Å². The summed E-state index contributed by atoms with van der Waals surface area (Å²) >= 11 is 0. The molecule has 0 saturated heterocycles. The van der Waals surface area contributed by atoms with Crippen molar-refractivity contribution in [2.45, 2.75) is 31.2 Å². The van der Waals surface area contributed by atoms with Gasteiger partial charge < -0.3 is 10.6 Å². The van der Waals surface area contributed by atoms with Crippen molar-refractivity contribution < 1.29 is 13.2 Å². The number of hydrogen-bond acceptors (Lipinski definition) is 5. The molecule has 25 heavy (non-hydrogen) atoms. The minimum Gasteiger partial charge on any atom is -0.368 e. The molecule has 2 rings (SSSR count). The molecule has 1 aromatic carbocycles. The quantitative estimate of drug-likeness (QED) is 0.691. The molecule has 1 amide bonds. The van der Waals surface area contributed by atoms with Gasteiger partial charge >= 0.3 is 0 Å². The third kappa shape index (κ3) is 5.84. The summed E-state index contributed by atoms with van der Waals surface area (Å²) in [5.41, 5.74) is 1.39. The molecule has 8 heteroatoms. The molecule has 0 aliphatic heterocycles. The highest BCUT2D eigenvalue weighted by atomic mass is 32.2. The van der Waals surface area contributed by atoms with Gasteiger partial charge in [-0.2, -0.15) is 0 Å². The van der Waals surface area contributed by atoms with Gasteiger partial charge in [-0.3, -0.25) is 4.79 Å². The molecule has 0 spiro atoms. The zero-order chi connectivity index (χ0) is 18.4. The molecule has 134 valence electrons. The third-order valence-corrected chi connectivity index (χ3v) is 4.34. The van der Waals surface area contributed by atoms with Crippen LogP contribution in [0, 0.1) is 0 Å². The number of primary sulfonamides is 1. The number of nitrogens with zero attached hydrogens (tertiary/aromatic N) is 1. The number of aromatic nitrogens is 1. The molecule has 1 heterocycles. The Bertz CT molecular complexity index is 816. The number of rotatable bonds is 7. The minimum atomic E-state index is -3.68. The Balaban J connectivity index is 1.86. The Morgan fingerprint density at radius 3 is 2.36 bits per heavy atom. The van der Waals surface area contributed by atoms with E-state index in [0.29, 0.717) is 18.5 Å². The number of anilines is 1. The Hall–Kier alpha value is -2.45.